The maximum atomic E-state index is 5.58. The summed E-state index contributed by atoms with van der Waals surface area (Å²) >= 11 is 6.66. The lowest BCUT2D eigenvalue weighted by Crippen LogP contribution is -2.16. The first-order valence-corrected chi connectivity index (χ1v) is 7.42. The van der Waals surface area contributed by atoms with Gasteiger partial charge < -0.3 is 11.1 Å². The number of nitrogens with two attached hydrogens (primary N) is 1. The molecule has 0 amide bonds. The van der Waals surface area contributed by atoms with Gasteiger partial charge in [-0.15, -0.1) is 11.3 Å². The fourth-order valence-corrected chi connectivity index (χ4v) is 2.71. The largest absolute Gasteiger partial charge is 0.388 e. The third kappa shape index (κ3) is 3.71. The number of hydrogen-bond acceptors (Lipinski definition) is 5. The van der Waals surface area contributed by atoms with Crippen LogP contribution in [0.15, 0.2) is 29.8 Å². The van der Waals surface area contributed by atoms with Crippen molar-refractivity contribution in [3.8, 4) is 0 Å². The molecule has 4 nitrogen and oxygen atoms in total. The van der Waals surface area contributed by atoms with Crippen molar-refractivity contribution in [2.75, 3.05) is 5.32 Å². The van der Waals surface area contributed by atoms with Crippen molar-refractivity contribution in [3.63, 3.8) is 0 Å². The Bertz CT molecular complexity index is 539. The molecule has 0 fully saturated rings. The van der Waals surface area contributed by atoms with E-state index in [2.05, 4.69) is 39.7 Å². The van der Waals surface area contributed by atoms with Crippen molar-refractivity contribution in [2.24, 2.45) is 5.73 Å². The fourth-order valence-electron chi connectivity index (χ4n) is 1.79. The molecule has 19 heavy (non-hydrogen) atoms. The summed E-state index contributed by atoms with van der Waals surface area (Å²) in [7, 11) is 0. The van der Waals surface area contributed by atoms with Gasteiger partial charge in [-0.2, -0.15) is 0 Å². The van der Waals surface area contributed by atoms with Crippen molar-refractivity contribution in [1.82, 2.24) is 9.97 Å². The lowest BCUT2D eigenvalue weighted by Gasteiger charge is -2.16. The van der Waals surface area contributed by atoms with Gasteiger partial charge in [-0.3, -0.25) is 0 Å². The minimum absolute atomic E-state index is 0.228. The second-order valence-electron chi connectivity index (χ2n) is 4.13. The third-order valence-corrected chi connectivity index (χ3v) is 3.87. The van der Waals surface area contributed by atoms with Crippen LogP contribution in [0, 0.1) is 0 Å². The van der Waals surface area contributed by atoms with Crippen LogP contribution in [-0.4, -0.2) is 15.0 Å². The van der Waals surface area contributed by atoms with E-state index in [1.807, 2.05) is 0 Å². The second-order valence-corrected chi connectivity index (χ2v) is 5.55. The number of anilines is 1. The van der Waals surface area contributed by atoms with E-state index in [9.17, 15) is 0 Å². The quantitative estimate of drug-likeness (QED) is 0.801. The molecule has 2 heterocycles. The molecule has 2 rings (SSSR count). The van der Waals surface area contributed by atoms with Crippen molar-refractivity contribution >= 4 is 34.5 Å². The lowest BCUT2D eigenvalue weighted by atomic mass is 10.1. The molecular formula is C13H16N4S2. The molecule has 0 aliphatic heterocycles. The van der Waals surface area contributed by atoms with Gasteiger partial charge in [0.15, 0.2) is 0 Å². The Morgan fingerprint density at radius 2 is 2.37 bits per heavy atom. The van der Waals surface area contributed by atoms with Gasteiger partial charge in [-0.05, 0) is 23.9 Å². The van der Waals surface area contributed by atoms with Crippen LogP contribution in [0.25, 0.3) is 0 Å². The smallest absolute Gasteiger partial charge is 0.223 e. The summed E-state index contributed by atoms with van der Waals surface area (Å²) in [5.74, 6) is 0.567. The van der Waals surface area contributed by atoms with Crippen molar-refractivity contribution in [1.29, 1.82) is 0 Å². The van der Waals surface area contributed by atoms with E-state index in [1.54, 1.807) is 23.6 Å². The fraction of sp³-hybridized carbons (Fsp3) is 0.308. The van der Waals surface area contributed by atoms with Gasteiger partial charge in [-0.25, -0.2) is 9.97 Å². The van der Waals surface area contributed by atoms with E-state index in [-0.39, 0.29) is 11.0 Å². The highest BCUT2D eigenvalue weighted by Gasteiger charge is 2.13. The Labute approximate surface area is 122 Å². The van der Waals surface area contributed by atoms with E-state index in [1.165, 1.54) is 4.88 Å². The van der Waals surface area contributed by atoms with Crippen LogP contribution in [0.4, 0.5) is 5.95 Å². The van der Waals surface area contributed by atoms with Gasteiger partial charge in [0.1, 0.15) is 10.7 Å². The van der Waals surface area contributed by atoms with E-state index in [0.717, 1.165) is 12.8 Å². The molecule has 0 aromatic carbocycles. The number of rotatable bonds is 6. The number of nitrogens with one attached hydrogen (secondary N) is 1. The predicted molar refractivity (Wildman–Crippen MR) is 83.5 cm³/mol. The minimum atomic E-state index is 0.228. The van der Waals surface area contributed by atoms with Crippen LogP contribution in [0.1, 0.15) is 36.4 Å². The molecule has 0 aliphatic carbocycles. The molecule has 3 N–H and O–H groups in total. The van der Waals surface area contributed by atoms with Crippen LogP contribution in [-0.2, 0) is 0 Å². The van der Waals surface area contributed by atoms with Crippen molar-refractivity contribution < 1.29 is 0 Å². The Hall–Kier alpha value is -1.53. The highest BCUT2D eigenvalue weighted by atomic mass is 32.1. The number of aromatic nitrogens is 2. The molecule has 0 spiro atoms. The molecule has 6 heteroatoms. The molecule has 0 bridgehead atoms. The molecule has 2 aromatic rings. The SMILES string of the molecule is CCCC(Nc1nccc(C(N)=S)n1)c1cccs1. The summed E-state index contributed by atoms with van der Waals surface area (Å²) in [5.41, 5.74) is 6.17. The topological polar surface area (TPSA) is 63.8 Å². The summed E-state index contributed by atoms with van der Waals surface area (Å²) in [6.07, 6.45) is 3.78. The zero-order chi connectivity index (χ0) is 13.7. The van der Waals surface area contributed by atoms with Gasteiger partial charge in [-0.1, -0.05) is 31.6 Å². The van der Waals surface area contributed by atoms with Gasteiger partial charge in [0, 0.05) is 11.1 Å². The van der Waals surface area contributed by atoms with E-state index < -0.39 is 0 Å². The van der Waals surface area contributed by atoms with Crippen molar-refractivity contribution in [2.45, 2.75) is 25.8 Å². The second kappa shape index (κ2) is 6.58. The monoisotopic (exact) mass is 292 g/mol. The Kier molecular flexibility index (Phi) is 4.81. The van der Waals surface area contributed by atoms with Gasteiger partial charge in [0.2, 0.25) is 5.95 Å². The number of thiophene rings is 1. The highest BCUT2D eigenvalue weighted by Crippen LogP contribution is 2.26. The zero-order valence-electron chi connectivity index (χ0n) is 10.7. The number of hydrogen-bond donors (Lipinski definition) is 2. The summed E-state index contributed by atoms with van der Waals surface area (Å²) < 4.78 is 0. The van der Waals surface area contributed by atoms with Gasteiger partial charge >= 0.3 is 0 Å². The summed E-state index contributed by atoms with van der Waals surface area (Å²) in [6.45, 7) is 2.16. The Morgan fingerprint density at radius 1 is 1.53 bits per heavy atom. The van der Waals surface area contributed by atoms with Crippen molar-refractivity contribution in [3.05, 3.63) is 40.3 Å². The predicted octanol–water partition coefficient (Wildman–Crippen LogP) is 3.13. The molecule has 0 aliphatic rings. The maximum absolute atomic E-state index is 5.58. The number of thiocarbonyl (C=S) groups is 1. The molecule has 1 unspecified atom stereocenters. The van der Waals surface area contributed by atoms with Crippen LogP contribution in [0.2, 0.25) is 0 Å². The number of nitrogens with zero attached hydrogens (tertiary/aromatic N) is 2. The molecule has 2 aromatic heterocycles. The molecular weight excluding hydrogens is 276 g/mol. The van der Waals surface area contributed by atoms with Gasteiger partial charge in [0.25, 0.3) is 0 Å². The molecule has 100 valence electrons. The standard InChI is InChI=1S/C13H16N4S2/c1-2-4-9(11-5-3-8-19-11)16-13-15-7-6-10(17-13)12(14)18/h3,5-9H,2,4H2,1H3,(H2,14,18)(H,15,16,17). The lowest BCUT2D eigenvalue weighted by molar-refractivity contribution is 0.680. The van der Waals surface area contributed by atoms with Crippen LogP contribution in [0.5, 0.6) is 0 Å². The normalized spacial score (nSPS) is 12.1. The Morgan fingerprint density at radius 3 is 3.00 bits per heavy atom. The molecule has 0 radical (unpaired) electrons. The molecule has 0 saturated heterocycles. The van der Waals surface area contributed by atoms with E-state index in [4.69, 9.17) is 18.0 Å². The Balaban J connectivity index is 2.17. The van der Waals surface area contributed by atoms with E-state index >= 15 is 0 Å². The van der Waals surface area contributed by atoms with E-state index in [0.29, 0.717) is 11.6 Å². The van der Waals surface area contributed by atoms with Crippen LogP contribution >= 0.6 is 23.6 Å². The van der Waals surface area contributed by atoms with Crippen LogP contribution < -0.4 is 11.1 Å². The minimum Gasteiger partial charge on any atom is -0.388 e. The first kappa shape index (κ1) is 13.9. The first-order valence-electron chi connectivity index (χ1n) is 6.13. The van der Waals surface area contributed by atoms with Crippen LogP contribution in [0.3, 0.4) is 0 Å². The first-order chi connectivity index (χ1) is 9.20. The summed E-state index contributed by atoms with van der Waals surface area (Å²) in [4.78, 5) is 10.1. The zero-order valence-corrected chi connectivity index (χ0v) is 12.3. The third-order valence-electron chi connectivity index (χ3n) is 2.68. The summed E-state index contributed by atoms with van der Waals surface area (Å²) in [6, 6.07) is 6.12. The molecule has 1 atom stereocenters. The average Bonchev–Trinajstić information content (AvgIpc) is 2.92. The summed E-state index contributed by atoms with van der Waals surface area (Å²) in [5, 5.41) is 5.43. The van der Waals surface area contributed by atoms with Gasteiger partial charge in [0.05, 0.1) is 6.04 Å². The highest BCUT2D eigenvalue weighted by molar-refractivity contribution is 7.80. The maximum Gasteiger partial charge on any atom is 0.223 e. The molecule has 0 saturated carbocycles. The average molecular weight is 292 g/mol.